The van der Waals surface area contributed by atoms with Gasteiger partial charge < -0.3 is 4.90 Å². The normalized spacial score (nSPS) is 11.4. The van der Waals surface area contributed by atoms with Gasteiger partial charge in [-0.1, -0.05) is 114 Å². The van der Waals surface area contributed by atoms with Crippen LogP contribution in [0.5, 0.6) is 0 Å². The van der Waals surface area contributed by atoms with E-state index in [9.17, 15) is 0 Å². The van der Waals surface area contributed by atoms with Crippen LogP contribution in [0.1, 0.15) is 44.5 Å². The molecule has 5 aromatic carbocycles. The first-order valence-electron chi connectivity index (χ1n) is 13.5. The van der Waals surface area contributed by atoms with Gasteiger partial charge in [0.2, 0.25) is 0 Å². The molecule has 0 heterocycles. The van der Waals surface area contributed by atoms with Crippen LogP contribution in [-0.2, 0) is 0 Å². The minimum Gasteiger partial charge on any atom is -0.310 e. The van der Waals surface area contributed by atoms with Gasteiger partial charge in [0.25, 0.3) is 0 Å². The number of hydrogen-bond donors (Lipinski definition) is 0. The molecular weight excluding hydrogens is 470 g/mol. The van der Waals surface area contributed by atoms with E-state index in [1.54, 1.807) is 0 Å². The Hall–Kier alpha value is -4.62. The molecule has 0 aromatic heterocycles. The zero-order valence-corrected chi connectivity index (χ0v) is 23.2. The Balaban J connectivity index is 1.42. The van der Waals surface area contributed by atoms with Crippen molar-refractivity contribution in [2.24, 2.45) is 0 Å². The van der Waals surface area contributed by atoms with Crippen LogP contribution in [0.2, 0.25) is 0 Å². The summed E-state index contributed by atoms with van der Waals surface area (Å²) in [6, 6.07) is 41.4. The van der Waals surface area contributed by atoms with Crippen molar-refractivity contribution in [2.45, 2.75) is 27.7 Å². The highest BCUT2D eigenvalue weighted by Crippen LogP contribution is 2.36. The maximum Gasteiger partial charge on any atom is 0.0464 e. The summed E-state index contributed by atoms with van der Waals surface area (Å²) in [6.07, 6.45) is 8.67. The molecule has 0 aliphatic carbocycles. The lowest BCUT2D eigenvalue weighted by Gasteiger charge is -2.26. The van der Waals surface area contributed by atoms with E-state index in [1.165, 1.54) is 44.5 Å². The smallest absolute Gasteiger partial charge is 0.0464 e. The number of hydrogen-bond acceptors (Lipinski definition) is 1. The molecule has 192 valence electrons. The van der Waals surface area contributed by atoms with Gasteiger partial charge in [-0.15, -0.1) is 0 Å². The first kappa shape index (κ1) is 26.0. The minimum atomic E-state index is 1.13. The standard InChI is InChI=1S/C38H35N/c1-28-5-10-32(11-6-28)14-16-34-18-23-36(24-19-34)39(38-22-9-30(3)31(4)27-38)37-25-20-35(21-26-37)17-15-33-12-7-29(2)8-13-33/h5-27H,1-4H3. The molecule has 0 saturated heterocycles. The topological polar surface area (TPSA) is 3.24 Å². The van der Waals surface area contributed by atoms with Crippen LogP contribution in [0.4, 0.5) is 17.1 Å². The summed E-state index contributed by atoms with van der Waals surface area (Å²) in [5.74, 6) is 0. The Bertz CT molecular complexity index is 1490. The largest absolute Gasteiger partial charge is 0.310 e. The number of anilines is 3. The molecular formula is C38H35N. The van der Waals surface area contributed by atoms with E-state index < -0.39 is 0 Å². The fourth-order valence-corrected chi connectivity index (χ4v) is 4.52. The maximum atomic E-state index is 2.33. The van der Waals surface area contributed by atoms with Gasteiger partial charge in [0.15, 0.2) is 0 Å². The lowest BCUT2D eigenvalue weighted by atomic mass is 10.1. The van der Waals surface area contributed by atoms with Crippen LogP contribution >= 0.6 is 0 Å². The first-order valence-corrected chi connectivity index (χ1v) is 13.5. The molecule has 0 spiro atoms. The van der Waals surface area contributed by atoms with E-state index in [4.69, 9.17) is 0 Å². The Morgan fingerprint density at radius 1 is 0.359 bits per heavy atom. The van der Waals surface area contributed by atoms with E-state index in [2.05, 4.69) is 172 Å². The molecule has 5 aromatic rings. The fraction of sp³-hybridized carbons (Fsp3) is 0.105. The SMILES string of the molecule is Cc1ccc(C=Cc2ccc(N(c3ccc(C=Cc4ccc(C)cc4)cc3)c3ccc(C)c(C)c3)cc2)cc1. The van der Waals surface area contributed by atoms with Gasteiger partial charge in [-0.25, -0.2) is 0 Å². The fourth-order valence-electron chi connectivity index (χ4n) is 4.52. The third kappa shape index (κ3) is 6.64. The predicted molar refractivity (Wildman–Crippen MR) is 171 cm³/mol. The van der Waals surface area contributed by atoms with Crippen molar-refractivity contribution in [1.29, 1.82) is 0 Å². The second-order valence-corrected chi connectivity index (χ2v) is 10.3. The Morgan fingerprint density at radius 3 is 1.05 bits per heavy atom. The molecule has 0 N–H and O–H groups in total. The lowest BCUT2D eigenvalue weighted by Crippen LogP contribution is -2.10. The van der Waals surface area contributed by atoms with Crippen LogP contribution in [-0.4, -0.2) is 0 Å². The van der Waals surface area contributed by atoms with Crippen LogP contribution in [0, 0.1) is 27.7 Å². The first-order chi connectivity index (χ1) is 18.9. The van der Waals surface area contributed by atoms with E-state index in [1.807, 2.05) is 0 Å². The van der Waals surface area contributed by atoms with E-state index in [0.29, 0.717) is 0 Å². The van der Waals surface area contributed by atoms with Crippen molar-refractivity contribution in [2.75, 3.05) is 4.90 Å². The Morgan fingerprint density at radius 2 is 0.692 bits per heavy atom. The lowest BCUT2D eigenvalue weighted by molar-refractivity contribution is 1.25. The molecule has 0 amide bonds. The molecule has 1 heteroatoms. The highest BCUT2D eigenvalue weighted by molar-refractivity contribution is 5.80. The van der Waals surface area contributed by atoms with Gasteiger partial charge in [0, 0.05) is 17.1 Å². The highest BCUT2D eigenvalue weighted by atomic mass is 15.1. The third-order valence-electron chi connectivity index (χ3n) is 7.14. The van der Waals surface area contributed by atoms with Crippen molar-refractivity contribution in [3.05, 3.63) is 160 Å². The Kier molecular flexibility index (Phi) is 7.89. The summed E-state index contributed by atoms with van der Waals surface area (Å²) in [5, 5.41) is 0. The number of rotatable bonds is 7. The van der Waals surface area contributed by atoms with Crippen molar-refractivity contribution in [3.8, 4) is 0 Å². The summed E-state index contributed by atoms with van der Waals surface area (Å²) in [4.78, 5) is 2.33. The molecule has 0 fully saturated rings. The highest BCUT2D eigenvalue weighted by Gasteiger charge is 2.13. The van der Waals surface area contributed by atoms with Crippen molar-refractivity contribution >= 4 is 41.4 Å². The van der Waals surface area contributed by atoms with Crippen LogP contribution in [0.15, 0.2) is 115 Å². The number of aryl methyl sites for hydroxylation is 4. The molecule has 39 heavy (non-hydrogen) atoms. The Labute approximate surface area is 233 Å². The summed E-state index contributed by atoms with van der Waals surface area (Å²) in [7, 11) is 0. The van der Waals surface area contributed by atoms with Gasteiger partial charge in [-0.2, -0.15) is 0 Å². The van der Waals surface area contributed by atoms with Gasteiger partial charge >= 0.3 is 0 Å². The maximum absolute atomic E-state index is 2.33. The van der Waals surface area contributed by atoms with E-state index >= 15 is 0 Å². The summed E-state index contributed by atoms with van der Waals surface area (Å²) >= 11 is 0. The average molecular weight is 506 g/mol. The monoisotopic (exact) mass is 505 g/mol. The van der Waals surface area contributed by atoms with E-state index in [0.717, 1.165) is 17.1 Å². The molecule has 0 atom stereocenters. The van der Waals surface area contributed by atoms with Crippen LogP contribution in [0.3, 0.4) is 0 Å². The molecule has 1 nitrogen and oxygen atoms in total. The second kappa shape index (κ2) is 11.8. The molecule has 0 aliphatic rings. The van der Waals surface area contributed by atoms with Gasteiger partial charge in [-0.05, 0) is 97.5 Å². The van der Waals surface area contributed by atoms with Gasteiger partial charge in [-0.3, -0.25) is 0 Å². The molecule has 0 aliphatic heterocycles. The van der Waals surface area contributed by atoms with Crippen LogP contribution in [0.25, 0.3) is 24.3 Å². The summed E-state index contributed by atoms with van der Waals surface area (Å²) in [6.45, 7) is 8.56. The third-order valence-corrected chi connectivity index (χ3v) is 7.14. The molecule has 0 radical (unpaired) electrons. The van der Waals surface area contributed by atoms with E-state index in [-0.39, 0.29) is 0 Å². The molecule has 5 rings (SSSR count). The van der Waals surface area contributed by atoms with Crippen LogP contribution < -0.4 is 4.90 Å². The van der Waals surface area contributed by atoms with Gasteiger partial charge in [0.1, 0.15) is 0 Å². The molecule has 0 saturated carbocycles. The van der Waals surface area contributed by atoms with Crippen molar-refractivity contribution in [1.82, 2.24) is 0 Å². The van der Waals surface area contributed by atoms with Crippen molar-refractivity contribution < 1.29 is 0 Å². The molecule has 0 bridgehead atoms. The zero-order chi connectivity index (χ0) is 27.2. The van der Waals surface area contributed by atoms with Gasteiger partial charge in [0.05, 0.1) is 0 Å². The summed E-state index contributed by atoms with van der Waals surface area (Å²) < 4.78 is 0. The predicted octanol–water partition coefficient (Wildman–Crippen LogP) is 10.7. The quantitative estimate of drug-likeness (QED) is 0.199. The molecule has 0 unspecified atom stereocenters. The summed E-state index contributed by atoms with van der Waals surface area (Å²) in [5.41, 5.74) is 13.3. The number of benzene rings is 5. The van der Waals surface area contributed by atoms with Crippen molar-refractivity contribution in [3.63, 3.8) is 0 Å². The zero-order valence-electron chi connectivity index (χ0n) is 23.2. The second-order valence-electron chi connectivity index (χ2n) is 10.3. The average Bonchev–Trinajstić information content (AvgIpc) is 2.96. The minimum absolute atomic E-state index is 1.13. The number of nitrogens with zero attached hydrogens (tertiary/aromatic N) is 1.